The Bertz CT molecular complexity index is 547. The number of benzene rings is 1. The average molecular weight is 390 g/mol. The third-order valence-corrected chi connectivity index (χ3v) is 4.53. The predicted octanol–water partition coefficient (Wildman–Crippen LogP) is 2.04. The summed E-state index contributed by atoms with van der Waals surface area (Å²) in [7, 11) is 0. The summed E-state index contributed by atoms with van der Waals surface area (Å²) in [6.45, 7) is 2.79. The second kappa shape index (κ2) is 6.04. The molecule has 6 nitrogen and oxygen atoms in total. The van der Waals surface area contributed by atoms with E-state index in [2.05, 4.69) is 0 Å². The summed E-state index contributed by atoms with van der Waals surface area (Å²) in [5.41, 5.74) is 0.270. The molecule has 0 aromatic heterocycles. The molecule has 0 bridgehead atoms. The number of rotatable bonds is 3. The van der Waals surface area contributed by atoms with Crippen molar-refractivity contribution < 1.29 is 14.8 Å². The van der Waals surface area contributed by atoms with Crippen LogP contribution in [0.15, 0.2) is 18.2 Å². The van der Waals surface area contributed by atoms with Crippen LogP contribution in [0.4, 0.5) is 5.69 Å². The molecule has 20 heavy (non-hydrogen) atoms. The first-order chi connectivity index (χ1) is 9.40. The van der Waals surface area contributed by atoms with Gasteiger partial charge < -0.3 is 10.0 Å². The first-order valence-electron chi connectivity index (χ1n) is 6.31. The van der Waals surface area contributed by atoms with Gasteiger partial charge >= 0.3 is 0 Å². The van der Waals surface area contributed by atoms with Crippen LogP contribution in [0.3, 0.4) is 0 Å². The number of nitro benzene ring substituents is 1. The van der Waals surface area contributed by atoms with Crippen LogP contribution in [0.25, 0.3) is 0 Å². The lowest BCUT2D eigenvalue weighted by atomic mass is 10.0. The van der Waals surface area contributed by atoms with Crippen molar-refractivity contribution in [1.82, 2.24) is 4.90 Å². The van der Waals surface area contributed by atoms with Crippen LogP contribution in [-0.2, 0) is 0 Å². The molecule has 0 radical (unpaired) electrons. The van der Waals surface area contributed by atoms with E-state index in [0.29, 0.717) is 22.2 Å². The third-order valence-electron chi connectivity index (χ3n) is 3.59. The highest BCUT2D eigenvalue weighted by Gasteiger charge is 2.30. The van der Waals surface area contributed by atoms with Crippen LogP contribution in [0, 0.1) is 19.6 Å². The lowest BCUT2D eigenvalue weighted by Crippen LogP contribution is -2.31. The second-order valence-electron chi connectivity index (χ2n) is 4.96. The molecule has 0 saturated carbocycles. The Kier molecular flexibility index (Phi) is 4.59. The maximum absolute atomic E-state index is 12.4. The van der Waals surface area contributed by atoms with Gasteiger partial charge in [0.1, 0.15) is 0 Å². The van der Waals surface area contributed by atoms with Crippen LogP contribution >= 0.6 is 22.6 Å². The van der Waals surface area contributed by atoms with Gasteiger partial charge in [-0.05, 0) is 42.0 Å². The van der Waals surface area contributed by atoms with Crippen molar-refractivity contribution in [2.45, 2.75) is 19.4 Å². The van der Waals surface area contributed by atoms with E-state index in [0.717, 1.165) is 6.42 Å². The fraction of sp³-hybridized carbons (Fsp3) is 0.462. The molecule has 0 aliphatic carbocycles. The molecule has 1 aliphatic heterocycles. The Morgan fingerprint density at radius 1 is 1.60 bits per heavy atom. The normalized spacial score (nSPS) is 19.9. The van der Waals surface area contributed by atoms with Crippen molar-refractivity contribution in [2.75, 3.05) is 13.1 Å². The van der Waals surface area contributed by atoms with Gasteiger partial charge in [-0.25, -0.2) is 0 Å². The van der Waals surface area contributed by atoms with Gasteiger partial charge in [0.25, 0.3) is 11.6 Å². The molecule has 7 heteroatoms. The second-order valence-corrected chi connectivity index (χ2v) is 6.12. The van der Waals surface area contributed by atoms with Crippen LogP contribution < -0.4 is 0 Å². The number of amides is 1. The van der Waals surface area contributed by atoms with Crippen LogP contribution in [0.1, 0.15) is 23.7 Å². The number of nitrogens with zero attached hydrogens (tertiary/aromatic N) is 2. The zero-order valence-electron chi connectivity index (χ0n) is 11.0. The number of non-ortho nitro benzene ring substituents is 1. The summed E-state index contributed by atoms with van der Waals surface area (Å²) in [5, 5.41) is 20.4. The molecule has 1 N–H and O–H groups in total. The van der Waals surface area contributed by atoms with Gasteiger partial charge in [-0.2, -0.15) is 0 Å². The average Bonchev–Trinajstić information content (AvgIpc) is 2.88. The van der Waals surface area contributed by atoms with Crippen molar-refractivity contribution in [1.29, 1.82) is 0 Å². The Labute approximate surface area is 130 Å². The van der Waals surface area contributed by atoms with E-state index < -0.39 is 11.0 Å². The minimum absolute atomic E-state index is 0.0790. The minimum Gasteiger partial charge on any atom is -0.393 e. The van der Waals surface area contributed by atoms with Crippen LogP contribution in [-0.4, -0.2) is 40.0 Å². The van der Waals surface area contributed by atoms with Gasteiger partial charge in [0.2, 0.25) is 0 Å². The van der Waals surface area contributed by atoms with Crippen LogP contribution in [0.2, 0.25) is 0 Å². The minimum atomic E-state index is -0.505. The van der Waals surface area contributed by atoms with E-state index in [4.69, 9.17) is 0 Å². The standard InChI is InChI=1S/C13H15IN2O4/c1-8(17)9-4-5-15(7-9)13(18)11-6-10(16(19)20)2-3-12(11)14/h2-3,6,8-9,17H,4-5,7H2,1H3. The number of aliphatic hydroxyl groups is 1. The van der Waals surface area contributed by atoms with Crippen molar-refractivity contribution in [2.24, 2.45) is 5.92 Å². The maximum atomic E-state index is 12.4. The van der Waals surface area contributed by atoms with E-state index in [1.165, 1.54) is 12.1 Å². The molecule has 1 aliphatic rings. The number of likely N-dealkylation sites (tertiary alicyclic amines) is 1. The molecule has 2 unspecified atom stereocenters. The molecule has 2 atom stereocenters. The number of aliphatic hydroxyl groups excluding tert-OH is 1. The third kappa shape index (κ3) is 3.09. The van der Waals surface area contributed by atoms with E-state index >= 15 is 0 Å². The fourth-order valence-corrected chi connectivity index (χ4v) is 2.89. The molecule has 2 rings (SSSR count). The van der Waals surface area contributed by atoms with Gasteiger partial charge in [0.05, 0.1) is 16.6 Å². The fourth-order valence-electron chi connectivity index (χ4n) is 2.33. The first-order valence-corrected chi connectivity index (χ1v) is 7.39. The monoisotopic (exact) mass is 390 g/mol. The number of nitro groups is 1. The van der Waals surface area contributed by atoms with Crippen LogP contribution in [0.5, 0.6) is 0 Å². The highest BCUT2D eigenvalue weighted by Crippen LogP contribution is 2.25. The molecule has 1 aromatic rings. The quantitative estimate of drug-likeness (QED) is 0.487. The van der Waals surface area contributed by atoms with Gasteiger partial charge in [0, 0.05) is 34.7 Å². The zero-order chi connectivity index (χ0) is 14.9. The number of halogens is 1. The lowest BCUT2D eigenvalue weighted by Gasteiger charge is -2.18. The van der Waals surface area contributed by atoms with Crippen molar-refractivity contribution in [3.8, 4) is 0 Å². The van der Waals surface area contributed by atoms with E-state index in [9.17, 15) is 20.0 Å². The molecule has 108 valence electrons. The molecule has 1 amide bonds. The molecule has 1 saturated heterocycles. The number of hydrogen-bond donors (Lipinski definition) is 1. The number of hydrogen-bond acceptors (Lipinski definition) is 4. The molecule has 1 aromatic carbocycles. The summed E-state index contributed by atoms with van der Waals surface area (Å²) in [4.78, 5) is 24.4. The molecular weight excluding hydrogens is 375 g/mol. The van der Waals surface area contributed by atoms with Crippen molar-refractivity contribution >= 4 is 34.2 Å². The Hall–Kier alpha value is -1.22. The van der Waals surface area contributed by atoms with E-state index in [1.54, 1.807) is 17.9 Å². The molecular formula is C13H15IN2O4. The van der Waals surface area contributed by atoms with Gasteiger partial charge in [0.15, 0.2) is 0 Å². The van der Waals surface area contributed by atoms with E-state index in [-0.39, 0.29) is 17.5 Å². The topological polar surface area (TPSA) is 83.7 Å². The summed E-state index contributed by atoms with van der Waals surface area (Å²) >= 11 is 2.00. The lowest BCUT2D eigenvalue weighted by molar-refractivity contribution is -0.384. The Balaban J connectivity index is 2.21. The first kappa shape index (κ1) is 15.2. The molecule has 1 fully saturated rings. The smallest absolute Gasteiger partial charge is 0.270 e. The zero-order valence-corrected chi connectivity index (χ0v) is 13.1. The molecule has 1 heterocycles. The summed E-state index contributed by atoms with van der Waals surface area (Å²) < 4.78 is 0.693. The molecule has 0 spiro atoms. The number of carbonyl (C=O) groups excluding carboxylic acids is 1. The largest absolute Gasteiger partial charge is 0.393 e. The Morgan fingerprint density at radius 3 is 2.85 bits per heavy atom. The van der Waals surface area contributed by atoms with E-state index in [1.807, 2.05) is 22.6 Å². The van der Waals surface area contributed by atoms with Gasteiger partial charge in [-0.15, -0.1) is 0 Å². The van der Waals surface area contributed by atoms with Gasteiger partial charge in [-0.3, -0.25) is 14.9 Å². The summed E-state index contributed by atoms with van der Waals surface area (Å²) in [6.07, 6.45) is 0.312. The van der Waals surface area contributed by atoms with Gasteiger partial charge in [-0.1, -0.05) is 0 Å². The SMILES string of the molecule is CC(O)C1CCN(C(=O)c2cc([N+](=O)[O-])ccc2I)C1. The predicted molar refractivity (Wildman–Crippen MR) is 81.5 cm³/mol. The van der Waals surface area contributed by atoms with Crippen molar-refractivity contribution in [3.63, 3.8) is 0 Å². The highest BCUT2D eigenvalue weighted by atomic mass is 127. The highest BCUT2D eigenvalue weighted by molar-refractivity contribution is 14.1. The maximum Gasteiger partial charge on any atom is 0.270 e. The summed E-state index contributed by atoms with van der Waals surface area (Å²) in [6, 6.07) is 4.29. The van der Waals surface area contributed by atoms with Crippen molar-refractivity contribution in [3.05, 3.63) is 37.4 Å². The summed E-state index contributed by atoms with van der Waals surface area (Å²) in [5.74, 6) is -0.128. The Morgan fingerprint density at radius 2 is 2.30 bits per heavy atom. The number of carbonyl (C=O) groups is 1.